The second-order valence-corrected chi connectivity index (χ2v) is 5.11. The van der Waals surface area contributed by atoms with E-state index in [2.05, 4.69) is 34.3 Å². The average Bonchev–Trinajstić information content (AvgIpc) is 2.72. The molecule has 0 saturated carbocycles. The zero-order valence-electron chi connectivity index (χ0n) is 11.2. The molecule has 6 nitrogen and oxygen atoms in total. The Hall–Kier alpha value is -1.60. The topological polar surface area (TPSA) is 75.6 Å². The highest BCUT2D eigenvalue weighted by Gasteiger charge is 2.14. The summed E-state index contributed by atoms with van der Waals surface area (Å²) in [5, 5.41) is 11.2. The van der Waals surface area contributed by atoms with E-state index in [1.165, 1.54) is 16.3 Å². The molecule has 0 saturated heterocycles. The van der Waals surface area contributed by atoms with E-state index < -0.39 is 0 Å². The third-order valence-corrected chi connectivity index (χ3v) is 3.89. The van der Waals surface area contributed by atoms with Gasteiger partial charge in [-0.2, -0.15) is 0 Å². The summed E-state index contributed by atoms with van der Waals surface area (Å²) >= 11 is 1.39. The van der Waals surface area contributed by atoms with Crippen LogP contribution in [0.1, 0.15) is 25.5 Å². The second kappa shape index (κ2) is 6.03. The fourth-order valence-electron chi connectivity index (χ4n) is 1.74. The van der Waals surface area contributed by atoms with Crippen LogP contribution in [0.25, 0.3) is 0 Å². The van der Waals surface area contributed by atoms with Gasteiger partial charge in [-0.15, -0.1) is 5.10 Å². The van der Waals surface area contributed by atoms with Gasteiger partial charge in [0.1, 0.15) is 5.03 Å². The number of hydrogen-bond donors (Lipinski definition) is 2. The van der Waals surface area contributed by atoms with Crippen LogP contribution in [-0.4, -0.2) is 26.3 Å². The number of nitrogens with one attached hydrogen (secondary N) is 2. The molecule has 0 aliphatic heterocycles. The van der Waals surface area contributed by atoms with Gasteiger partial charge in [0.05, 0.1) is 0 Å². The zero-order valence-corrected chi connectivity index (χ0v) is 12.0. The van der Waals surface area contributed by atoms with E-state index in [0.717, 1.165) is 17.1 Å². The lowest BCUT2D eigenvalue weighted by molar-refractivity contribution is 0.584. The number of H-pyrrole nitrogens is 1. The van der Waals surface area contributed by atoms with Crippen LogP contribution in [0, 0.1) is 0 Å². The number of hydrogen-bond acceptors (Lipinski definition) is 5. The van der Waals surface area contributed by atoms with Crippen molar-refractivity contribution in [2.24, 2.45) is 7.05 Å². The van der Waals surface area contributed by atoms with E-state index >= 15 is 0 Å². The first-order valence-corrected chi connectivity index (χ1v) is 6.92. The van der Waals surface area contributed by atoms with Gasteiger partial charge in [0, 0.05) is 24.8 Å². The molecule has 2 N–H and O–H groups in total. The molecule has 102 valence electrons. The fraction of sp³-hybridized carbons (Fsp3) is 0.417. The Morgan fingerprint density at radius 3 is 3.00 bits per heavy atom. The predicted octanol–water partition coefficient (Wildman–Crippen LogP) is 1.33. The Bertz CT molecular complexity index is 606. The predicted molar refractivity (Wildman–Crippen MR) is 74.3 cm³/mol. The maximum atomic E-state index is 11.4. The van der Waals surface area contributed by atoms with Crippen LogP contribution in [0.5, 0.6) is 0 Å². The molecule has 0 bridgehead atoms. The lowest BCUT2D eigenvalue weighted by Gasteiger charge is -2.15. The Labute approximate surface area is 115 Å². The zero-order chi connectivity index (χ0) is 13.8. The minimum atomic E-state index is -0.222. The highest BCUT2D eigenvalue weighted by Crippen LogP contribution is 2.29. The van der Waals surface area contributed by atoms with Crippen molar-refractivity contribution in [3.8, 4) is 0 Å². The van der Waals surface area contributed by atoms with Crippen molar-refractivity contribution < 1.29 is 0 Å². The summed E-state index contributed by atoms with van der Waals surface area (Å²) in [6, 6.07) is 4.15. The van der Waals surface area contributed by atoms with Crippen molar-refractivity contribution in [1.82, 2.24) is 25.1 Å². The highest BCUT2D eigenvalue weighted by molar-refractivity contribution is 7.99. The molecule has 0 amide bonds. The third kappa shape index (κ3) is 3.05. The molecule has 0 aliphatic carbocycles. The lowest BCUT2D eigenvalue weighted by Crippen LogP contribution is -2.18. The van der Waals surface area contributed by atoms with Gasteiger partial charge >= 0.3 is 5.69 Å². The summed E-state index contributed by atoms with van der Waals surface area (Å²) in [4.78, 5) is 15.7. The fourth-order valence-corrected chi connectivity index (χ4v) is 2.70. The van der Waals surface area contributed by atoms with Gasteiger partial charge in [-0.05, 0) is 31.3 Å². The number of pyridine rings is 1. The molecule has 2 aromatic heterocycles. The Morgan fingerprint density at radius 1 is 1.58 bits per heavy atom. The molecular formula is C12H17N5OS. The molecule has 2 aromatic rings. The molecular weight excluding hydrogens is 262 g/mol. The molecule has 0 spiro atoms. The van der Waals surface area contributed by atoms with E-state index in [0.29, 0.717) is 5.16 Å². The number of aromatic amines is 1. The quantitative estimate of drug-likeness (QED) is 0.863. The Balaban J connectivity index is 2.30. The monoisotopic (exact) mass is 279 g/mol. The van der Waals surface area contributed by atoms with E-state index in [-0.39, 0.29) is 11.7 Å². The van der Waals surface area contributed by atoms with Crippen molar-refractivity contribution in [2.45, 2.75) is 30.1 Å². The molecule has 2 heterocycles. The maximum Gasteiger partial charge on any atom is 0.343 e. The van der Waals surface area contributed by atoms with Crippen LogP contribution in [-0.2, 0) is 7.05 Å². The largest absolute Gasteiger partial charge is 0.343 e. The van der Waals surface area contributed by atoms with E-state index in [1.54, 1.807) is 13.2 Å². The van der Waals surface area contributed by atoms with Crippen LogP contribution >= 0.6 is 11.8 Å². The van der Waals surface area contributed by atoms with Crippen molar-refractivity contribution in [3.63, 3.8) is 0 Å². The van der Waals surface area contributed by atoms with Crippen LogP contribution in [0.3, 0.4) is 0 Å². The summed E-state index contributed by atoms with van der Waals surface area (Å²) in [7, 11) is 1.69. The van der Waals surface area contributed by atoms with E-state index in [9.17, 15) is 4.79 Å². The summed E-state index contributed by atoms with van der Waals surface area (Å²) in [6.07, 6.45) is 1.75. The van der Waals surface area contributed by atoms with Gasteiger partial charge in [0.25, 0.3) is 0 Å². The van der Waals surface area contributed by atoms with Crippen LogP contribution in [0.4, 0.5) is 0 Å². The standard InChI is InChI=1S/C12H17N5OS/c1-4-13-8(2)9-6-5-7-14-10(9)19-12-16-15-11(18)17(12)3/h5-8,13H,4H2,1-3H3,(H,15,18). The van der Waals surface area contributed by atoms with Crippen molar-refractivity contribution in [2.75, 3.05) is 6.54 Å². The van der Waals surface area contributed by atoms with Crippen LogP contribution < -0.4 is 11.0 Å². The van der Waals surface area contributed by atoms with E-state index in [1.807, 2.05) is 12.1 Å². The highest BCUT2D eigenvalue weighted by atomic mass is 32.2. The normalized spacial score (nSPS) is 12.6. The Kier molecular flexibility index (Phi) is 4.39. The molecule has 1 unspecified atom stereocenters. The van der Waals surface area contributed by atoms with Crippen molar-refractivity contribution in [1.29, 1.82) is 0 Å². The molecule has 0 aliphatic rings. The number of aromatic nitrogens is 4. The molecule has 1 atom stereocenters. The minimum absolute atomic E-state index is 0.206. The molecule has 7 heteroatoms. The number of nitrogens with zero attached hydrogens (tertiary/aromatic N) is 3. The van der Waals surface area contributed by atoms with Gasteiger partial charge in [0.2, 0.25) is 0 Å². The van der Waals surface area contributed by atoms with Crippen LogP contribution in [0.2, 0.25) is 0 Å². The van der Waals surface area contributed by atoms with Gasteiger partial charge in [-0.1, -0.05) is 13.0 Å². The lowest BCUT2D eigenvalue weighted by atomic mass is 10.1. The second-order valence-electron chi connectivity index (χ2n) is 4.15. The molecule has 2 rings (SSSR count). The summed E-state index contributed by atoms with van der Waals surface area (Å²) < 4.78 is 1.47. The molecule has 0 radical (unpaired) electrons. The van der Waals surface area contributed by atoms with Crippen molar-refractivity contribution >= 4 is 11.8 Å². The molecule has 0 aromatic carbocycles. The molecule has 19 heavy (non-hydrogen) atoms. The van der Waals surface area contributed by atoms with Crippen molar-refractivity contribution in [3.05, 3.63) is 34.4 Å². The van der Waals surface area contributed by atoms with Crippen LogP contribution in [0.15, 0.2) is 33.3 Å². The SMILES string of the molecule is CCNC(C)c1cccnc1Sc1n[nH]c(=O)n1C. The maximum absolute atomic E-state index is 11.4. The molecule has 0 fully saturated rings. The minimum Gasteiger partial charge on any atom is -0.310 e. The third-order valence-electron chi connectivity index (χ3n) is 2.80. The number of rotatable bonds is 5. The van der Waals surface area contributed by atoms with Gasteiger partial charge in [-0.25, -0.2) is 14.9 Å². The Morgan fingerprint density at radius 2 is 2.37 bits per heavy atom. The first-order chi connectivity index (χ1) is 9.13. The van der Waals surface area contributed by atoms with E-state index in [4.69, 9.17) is 0 Å². The summed E-state index contributed by atoms with van der Waals surface area (Å²) in [6.45, 7) is 5.05. The first kappa shape index (κ1) is 13.8. The first-order valence-electron chi connectivity index (χ1n) is 6.11. The summed E-state index contributed by atoms with van der Waals surface area (Å²) in [5.74, 6) is 0. The van der Waals surface area contributed by atoms with Gasteiger partial charge in [-0.3, -0.25) is 4.57 Å². The van der Waals surface area contributed by atoms with Gasteiger partial charge < -0.3 is 5.32 Å². The smallest absolute Gasteiger partial charge is 0.310 e. The summed E-state index contributed by atoms with van der Waals surface area (Å²) in [5.41, 5.74) is 0.879. The average molecular weight is 279 g/mol. The van der Waals surface area contributed by atoms with Gasteiger partial charge in [0.15, 0.2) is 5.16 Å².